The van der Waals surface area contributed by atoms with E-state index in [9.17, 15) is 4.79 Å². The van der Waals surface area contributed by atoms with Crippen LogP contribution in [0.3, 0.4) is 0 Å². The molecule has 2 rings (SSSR count). The summed E-state index contributed by atoms with van der Waals surface area (Å²) in [5.74, 6) is 1.16. The van der Waals surface area contributed by atoms with Crippen LogP contribution < -0.4 is 5.32 Å². The number of thiophene rings is 1. The number of halogens is 1. The van der Waals surface area contributed by atoms with Gasteiger partial charge in [-0.1, -0.05) is 19.8 Å². The summed E-state index contributed by atoms with van der Waals surface area (Å²) in [6.45, 7) is 2.11. The van der Waals surface area contributed by atoms with Crippen LogP contribution in [0.2, 0.25) is 0 Å². The number of aryl methyl sites for hydroxylation is 1. The quantitative estimate of drug-likeness (QED) is 0.837. The standard InChI is InChI=1S/C14H20ClNOS/c1-2-11-7-8-13(18-11)14(17)16-12-6-4-3-5-10(12)9-15/h7-8,10,12H,2-6,9H2,1H3,(H,16,17). The SMILES string of the molecule is CCc1ccc(C(=O)NC2CCCCC2CCl)s1. The van der Waals surface area contributed by atoms with E-state index < -0.39 is 0 Å². The fourth-order valence-electron chi connectivity index (χ4n) is 2.51. The molecule has 0 aromatic carbocycles. The topological polar surface area (TPSA) is 29.1 Å². The second-order valence-corrected chi connectivity index (χ2v) is 6.38. The molecule has 0 spiro atoms. The van der Waals surface area contributed by atoms with E-state index in [1.165, 1.54) is 17.7 Å². The zero-order valence-corrected chi connectivity index (χ0v) is 12.3. The summed E-state index contributed by atoms with van der Waals surface area (Å²) in [5.41, 5.74) is 0. The number of hydrogen-bond acceptors (Lipinski definition) is 2. The van der Waals surface area contributed by atoms with Crippen LogP contribution in [0, 0.1) is 5.92 Å². The highest BCUT2D eigenvalue weighted by Gasteiger charge is 2.26. The molecule has 1 aliphatic rings. The molecule has 1 aromatic rings. The number of amides is 1. The van der Waals surface area contributed by atoms with E-state index >= 15 is 0 Å². The lowest BCUT2D eigenvalue weighted by molar-refractivity contribution is 0.0915. The van der Waals surface area contributed by atoms with Crippen LogP contribution in [0.1, 0.15) is 47.2 Å². The Bertz CT molecular complexity index is 404. The molecule has 1 amide bonds. The first-order valence-electron chi connectivity index (χ1n) is 6.70. The third kappa shape index (κ3) is 3.27. The Kier molecular flexibility index (Phi) is 5.07. The molecule has 2 unspecified atom stereocenters. The van der Waals surface area contributed by atoms with Crippen molar-refractivity contribution in [2.75, 3.05) is 5.88 Å². The van der Waals surface area contributed by atoms with Crippen molar-refractivity contribution in [3.05, 3.63) is 21.9 Å². The number of carbonyl (C=O) groups excluding carboxylic acids is 1. The van der Waals surface area contributed by atoms with Crippen LogP contribution in [0.25, 0.3) is 0 Å². The van der Waals surface area contributed by atoms with Gasteiger partial charge < -0.3 is 5.32 Å². The van der Waals surface area contributed by atoms with Crippen LogP contribution in [-0.4, -0.2) is 17.8 Å². The van der Waals surface area contributed by atoms with Crippen molar-refractivity contribution in [1.82, 2.24) is 5.32 Å². The summed E-state index contributed by atoms with van der Waals surface area (Å²) in [6, 6.07) is 4.23. The van der Waals surface area contributed by atoms with E-state index in [4.69, 9.17) is 11.6 Å². The lowest BCUT2D eigenvalue weighted by Crippen LogP contribution is -2.42. The van der Waals surface area contributed by atoms with Gasteiger partial charge in [-0.2, -0.15) is 0 Å². The third-order valence-electron chi connectivity index (χ3n) is 3.66. The minimum absolute atomic E-state index is 0.0710. The molecule has 4 heteroatoms. The zero-order chi connectivity index (χ0) is 13.0. The molecule has 1 aliphatic carbocycles. The monoisotopic (exact) mass is 285 g/mol. The first-order valence-corrected chi connectivity index (χ1v) is 8.05. The maximum absolute atomic E-state index is 12.2. The average Bonchev–Trinajstić information content (AvgIpc) is 2.88. The van der Waals surface area contributed by atoms with Gasteiger partial charge in [-0.05, 0) is 37.3 Å². The first kappa shape index (κ1) is 13.9. The van der Waals surface area contributed by atoms with E-state index in [-0.39, 0.29) is 11.9 Å². The van der Waals surface area contributed by atoms with E-state index in [0.29, 0.717) is 11.8 Å². The molecule has 2 atom stereocenters. The number of rotatable bonds is 4. The number of hydrogen-bond donors (Lipinski definition) is 1. The average molecular weight is 286 g/mol. The van der Waals surface area contributed by atoms with Crippen LogP contribution in [0.5, 0.6) is 0 Å². The second kappa shape index (κ2) is 6.58. The van der Waals surface area contributed by atoms with Gasteiger partial charge in [-0.25, -0.2) is 0 Å². The van der Waals surface area contributed by atoms with E-state index in [2.05, 4.69) is 12.2 Å². The molecule has 1 aromatic heterocycles. The van der Waals surface area contributed by atoms with Gasteiger partial charge >= 0.3 is 0 Å². The van der Waals surface area contributed by atoms with Crippen molar-refractivity contribution in [3.63, 3.8) is 0 Å². The lowest BCUT2D eigenvalue weighted by Gasteiger charge is -2.30. The van der Waals surface area contributed by atoms with Crippen molar-refractivity contribution in [2.24, 2.45) is 5.92 Å². The van der Waals surface area contributed by atoms with E-state index in [1.54, 1.807) is 11.3 Å². The highest BCUT2D eigenvalue weighted by atomic mass is 35.5. The van der Waals surface area contributed by atoms with Gasteiger partial charge in [-0.3, -0.25) is 4.79 Å². The number of alkyl halides is 1. The van der Waals surface area contributed by atoms with Gasteiger partial charge in [0.05, 0.1) is 4.88 Å². The molecule has 18 heavy (non-hydrogen) atoms. The van der Waals surface area contributed by atoms with Crippen molar-refractivity contribution >= 4 is 28.8 Å². The molecule has 1 heterocycles. The smallest absolute Gasteiger partial charge is 0.261 e. The molecule has 1 N–H and O–H groups in total. The second-order valence-electron chi connectivity index (χ2n) is 4.90. The predicted molar refractivity (Wildman–Crippen MR) is 77.6 cm³/mol. The molecular formula is C14H20ClNOS. The molecule has 1 saturated carbocycles. The largest absolute Gasteiger partial charge is 0.348 e. The van der Waals surface area contributed by atoms with E-state index in [1.807, 2.05) is 12.1 Å². The summed E-state index contributed by atoms with van der Waals surface area (Å²) in [5, 5.41) is 3.16. The van der Waals surface area contributed by atoms with Crippen molar-refractivity contribution in [1.29, 1.82) is 0 Å². The highest BCUT2D eigenvalue weighted by Crippen LogP contribution is 2.26. The minimum Gasteiger partial charge on any atom is -0.348 e. The molecule has 2 nitrogen and oxygen atoms in total. The Labute approximate surface area is 118 Å². The molecule has 1 fully saturated rings. The van der Waals surface area contributed by atoms with Crippen LogP contribution in [0.4, 0.5) is 0 Å². The Hall–Kier alpha value is -0.540. The zero-order valence-electron chi connectivity index (χ0n) is 10.7. The van der Waals surface area contributed by atoms with Gasteiger partial charge in [0.1, 0.15) is 0 Å². The Morgan fingerprint density at radius 3 is 2.89 bits per heavy atom. The number of nitrogens with one attached hydrogen (secondary N) is 1. The van der Waals surface area contributed by atoms with Gasteiger partial charge in [0, 0.05) is 16.8 Å². The molecule has 100 valence electrons. The molecule has 0 radical (unpaired) electrons. The Morgan fingerprint density at radius 2 is 2.22 bits per heavy atom. The Morgan fingerprint density at radius 1 is 1.44 bits per heavy atom. The van der Waals surface area contributed by atoms with Crippen LogP contribution >= 0.6 is 22.9 Å². The molecule has 0 aliphatic heterocycles. The summed E-state index contributed by atoms with van der Waals surface area (Å²) >= 11 is 7.58. The fraction of sp³-hybridized carbons (Fsp3) is 0.643. The minimum atomic E-state index is 0.0710. The van der Waals surface area contributed by atoms with E-state index in [0.717, 1.165) is 24.1 Å². The third-order valence-corrected chi connectivity index (χ3v) is 5.28. The van der Waals surface area contributed by atoms with Gasteiger partial charge in [-0.15, -0.1) is 22.9 Å². The highest BCUT2D eigenvalue weighted by molar-refractivity contribution is 7.14. The van der Waals surface area contributed by atoms with Crippen LogP contribution in [-0.2, 0) is 6.42 Å². The molecule has 0 saturated heterocycles. The van der Waals surface area contributed by atoms with Gasteiger partial charge in [0.2, 0.25) is 0 Å². The maximum atomic E-state index is 12.2. The van der Waals surface area contributed by atoms with Gasteiger partial charge in [0.25, 0.3) is 5.91 Å². The van der Waals surface area contributed by atoms with Crippen LogP contribution in [0.15, 0.2) is 12.1 Å². The lowest BCUT2D eigenvalue weighted by atomic mass is 9.86. The van der Waals surface area contributed by atoms with Crippen molar-refractivity contribution in [3.8, 4) is 0 Å². The summed E-state index contributed by atoms with van der Waals surface area (Å²) < 4.78 is 0. The summed E-state index contributed by atoms with van der Waals surface area (Å²) in [4.78, 5) is 14.2. The predicted octanol–water partition coefficient (Wildman–Crippen LogP) is 3.84. The molecule has 0 bridgehead atoms. The maximum Gasteiger partial charge on any atom is 0.261 e. The molecular weight excluding hydrogens is 266 g/mol. The first-order chi connectivity index (χ1) is 8.74. The van der Waals surface area contributed by atoms with Gasteiger partial charge in [0.15, 0.2) is 0 Å². The fourth-order valence-corrected chi connectivity index (χ4v) is 3.73. The van der Waals surface area contributed by atoms with Crippen molar-refractivity contribution in [2.45, 2.75) is 45.1 Å². The van der Waals surface area contributed by atoms with Crippen molar-refractivity contribution < 1.29 is 4.79 Å². The summed E-state index contributed by atoms with van der Waals surface area (Å²) in [6.07, 6.45) is 5.63. The summed E-state index contributed by atoms with van der Waals surface area (Å²) in [7, 11) is 0. The number of carbonyl (C=O) groups is 1. The Balaban J connectivity index is 1.97. The normalized spacial score (nSPS) is 23.9.